The lowest BCUT2D eigenvalue weighted by Gasteiger charge is -2.02. The minimum Gasteiger partial charge on any atom is -0.464 e. The molecule has 13 heavy (non-hydrogen) atoms. The number of hydrogen-bond acceptors (Lipinski definition) is 1. The third-order valence-electron chi connectivity index (χ3n) is 1.73. The van der Waals surface area contributed by atoms with Crippen LogP contribution < -0.4 is 0 Å². The zero-order valence-corrected chi connectivity index (χ0v) is 9.80. The highest BCUT2D eigenvalue weighted by atomic mass is 79.9. The molecule has 0 saturated heterocycles. The molecule has 1 heterocycles. The topological polar surface area (TPSA) is 13.1 Å². The van der Waals surface area contributed by atoms with Gasteiger partial charge in [0, 0.05) is 14.5 Å². The van der Waals surface area contributed by atoms with E-state index in [9.17, 15) is 0 Å². The molecule has 2 rings (SSSR count). The van der Waals surface area contributed by atoms with Crippen molar-refractivity contribution in [2.45, 2.75) is 0 Å². The second kappa shape index (κ2) is 3.68. The number of rotatable bonds is 1. The van der Waals surface area contributed by atoms with Gasteiger partial charge in [0.1, 0.15) is 5.76 Å². The summed E-state index contributed by atoms with van der Waals surface area (Å²) in [4.78, 5) is 0. The van der Waals surface area contributed by atoms with Crippen LogP contribution in [0.5, 0.6) is 0 Å². The van der Waals surface area contributed by atoms with Crippen LogP contribution in [0.2, 0.25) is 0 Å². The van der Waals surface area contributed by atoms with Crippen LogP contribution in [0.4, 0.5) is 0 Å². The van der Waals surface area contributed by atoms with Crippen LogP contribution in [0.1, 0.15) is 0 Å². The first-order chi connectivity index (χ1) is 6.29. The molecule has 0 fully saturated rings. The molecule has 0 atom stereocenters. The van der Waals surface area contributed by atoms with E-state index in [0.29, 0.717) is 0 Å². The Bertz CT molecular complexity index is 387. The summed E-state index contributed by atoms with van der Waals surface area (Å²) in [5, 5.41) is 0. The number of hydrogen-bond donors (Lipinski definition) is 0. The maximum atomic E-state index is 5.32. The van der Waals surface area contributed by atoms with Crippen LogP contribution >= 0.6 is 31.9 Å². The molecule has 1 aromatic heterocycles. The molecule has 0 aliphatic carbocycles. The van der Waals surface area contributed by atoms with E-state index in [4.69, 9.17) is 4.42 Å². The Kier molecular flexibility index (Phi) is 2.56. The molecule has 0 radical (unpaired) electrons. The fraction of sp³-hybridized carbons (Fsp3) is 0. The SMILES string of the molecule is Brc1cccc(Br)c1-c1ccco1. The summed E-state index contributed by atoms with van der Waals surface area (Å²) in [6.07, 6.45) is 1.67. The summed E-state index contributed by atoms with van der Waals surface area (Å²) in [6, 6.07) is 9.76. The van der Waals surface area contributed by atoms with E-state index in [0.717, 1.165) is 20.3 Å². The summed E-state index contributed by atoms with van der Waals surface area (Å²) < 4.78 is 7.37. The Hall–Kier alpha value is -0.540. The van der Waals surface area contributed by atoms with Gasteiger partial charge in [-0.2, -0.15) is 0 Å². The summed E-state index contributed by atoms with van der Waals surface area (Å²) in [6.45, 7) is 0. The second-order valence-electron chi connectivity index (χ2n) is 2.57. The van der Waals surface area contributed by atoms with Gasteiger partial charge in [0.05, 0.1) is 6.26 Å². The highest BCUT2D eigenvalue weighted by molar-refractivity contribution is 9.11. The Labute approximate surface area is 93.0 Å². The summed E-state index contributed by atoms with van der Waals surface area (Å²) >= 11 is 6.96. The number of benzene rings is 1. The third kappa shape index (κ3) is 1.71. The van der Waals surface area contributed by atoms with Gasteiger partial charge in [-0.15, -0.1) is 0 Å². The maximum Gasteiger partial charge on any atom is 0.136 e. The standard InChI is InChI=1S/C10H6Br2O/c11-7-3-1-4-8(12)10(7)9-5-2-6-13-9/h1-6H. The van der Waals surface area contributed by atoms with E-state index in [2.05, 4.69) is 31.9 Å². The summed E-state index contributed by atoms with van der Waals surface area (Å²) in [5.41, 5.74) is 1.05. The van der Waals surface area contributed by atoms with Crippen LogP contribution in [-0.4, -0.2) is 0 Å². The van der Waals surface area contributed by atoms with E-state index < -0.39 is 0 Å². The molecule has 0 amide bonds. The van der Waals surface area contributed by atoms with Crippen molar-refractivity contribution in [1.29, 1.82) is 0 Å². The van der Waals surface area contributed by atoms with Gasteiger partial charge in [-0.1, -0.05) is 6.07 Å². The number of furan rings is 1. The zero-order chi connectivity index (χ0) is 9.26. The molecule has 0 spiro atoms. The zero-order valence-electron chi connectivity index (χ0n) is 6.63. The van der Waals surface area contributed by atoms with E-state index in [1.807, 2.05) is 30.3 Å². The van der Waals surface area contributed by atoms with Gasteiger partial charge in [-0.05, 0) is 56.1 Å². The first kappa shape index (κ1) is 9.03. The van der Waals surface area contributed by atoms with Gasteiger partial charge in [0.2, 0.25) is 0 Å². The molecule has 0 bridgehead atoms. The van der Waals surface area contributed by atoms with E-state index in [1.165, 1.54) is 0 Å². The smallest absolute Gasteiger partial charge is 0.136 e. The van der Waals surface area contributed by atoms with Crippen molar-refractivity contribution in [2.75, 3.05) is 0 Å². The maximum absolute atomic E-state index is 5.32. The highest BCUT2D eigenvalue weighted by Crippen LogP contribution is 2.34. The number of halogens is 2. The monoisotopic (exact) mass is 300 g/mol. The minimum atomic E-state index is 0.861. The third-order valence-corrected chi connectivity index (χ3v) is 3.05. The first-order valence-corrected chi connectivity index (χ1v) is 5.35. The molecule has 0 saturated carbocycles. The van der Waals surface area contributed by atoms with Crippen molar-refractivity contribution < 1.29 is 4.42 Å². The van der Waals surface area contributed by atoms with E-state index in [1.54, 1.807) is 6.26 Å². The minimum absolute atomic E-state index is 0.861. The molecule has 1 aromatic carbocycles. The molecule has 1 nitrogen and oxygen atoms in total. The van der Waals surface area contributed by atoms with Gasteiger partial charge in [-0.3, -0.25) is 0 Å². The van der Waals surface area contributed by atoms with Gasteiger partial charge in [0.25, 0.3) is 0 Å². The van der Waals surface area contributed by atoms with Crippen molar-refractivity contribution >= 4 is 31.9 Å². The normalized spacial score (nSPS) is 10.3. The van der Waals surface area contributed by atoms with Crippen molar-refractivity contribution in [3.05, 3.63) is 45.5 Å². The summed E-state index contributed by atoms with van der Waals surface area (Å²) in [7, 11) is 0. The van der Waals surface area contributed by atoms with E-state index in [-0.39, 0.29) is 0 Å². The lowest BCUT2D eigenvalue weighted by Crippen LogP contribution is -1.78. The lowest BCUT2D eigenvalue weighted by atomic mass is 10.2. The fourth-order valence-corrected chi connectivity index (χ4v) is 2.54. The van der Waals surface area contributed by atoms with Gasteiger partial charge >= 0.3 is 0 Å². The molecule has 0 unspecified atom stereocenters. The van der Waals surface area contributed by atoms with Crippen molar-refractivity contribution in [3.63, 3.8) is 0 Å². The second-order valence-corrected chi connectivity index (χ2v) is 4.28. The van der Waals surface area contributed by atoms with Crippen LogP contribution in [0.3, 0.4) is 0 Å². The Morgan fingerprint density at radius 1 is 0.923 bits per heavy atom. The summed E-state index contributed by atoms with van der Waals surface area (Å²) in [5.74, 6) is 0.861. The Morgan fingerprint density at radius 2 is 1.62 bits per heavy atom. The van der Waals surface area contributed by atoms with Crippen LogP contribution in [0.25, 0.3) is 11.3 Å². The van der Waals surface area contributed by atoms with Crippen molar-refractivity contribution in [2.24, 2.45) is 0 Å². The Balaban J connectivity index is 2.64. The predicted molar refractivity (Wildman–Crippen MR) is 59.5 cm³/mol. The average molecular weight is 302 g/mol. The molecule has 0 N–H and O–H groups in total. The molecule has 3 heteroatoms. The van der Waals surface area contributed by atoms with Crippen LogP contribution in [0, 0.1) is 0 Å². The fourth-order valence-electron chi connectivity index (χ4n) is 1.15. The van der Waals surface area contributed by atoms with Gasteiger partial charge in [-0.25, -0.2) is 0 Å². The predicted octanol–water partition coefficient (Wildman–Crippen LogP) is 4.47. The van der Waals surface area contributed by atoms with E-state index >= 15 is 0 Å². The first-order valence-electron chi connectivity index (χ1n) is 3.77. The molecular weight excluding hydrogens is 296 g/mol. The van der Waals surface area contributed by atoms with Crippen LogP contribution in [0.15, 0.2) is 50.0 Å². The highest BCUT2D eigenvalue weighted by Gasteiger charge is 2.08. The quantitative estimate of drug-likeness (QED) is 0.757. The van der Waals surface area contributed by atoms with Gasteiger partial charge < -0.3 is 4.42 Å². The van der Waals surface area contributed by atoms with Crippen LogP contribution in [-0.2, 0) is 0 Å². The largest absolute Gasteiger partial charge is 0.464 e. The average Bonchev–Trinajstić information content (AvgIpc) is 2.57. The molecular formula is C10H6Br2O. The molecule has 66 valence electrons. The molecule has 2 aromatic rings. The van der Waals surface area contributed by atoms with Crippen molar-refractivity contribution in [3.8, 4) is 11.3 Å². The molecule has 0 aliphatic heterocycles. The van der Waals surface area contributed by atoms with Gasteiger partial charge in [0.15, 0.2) is 0 Å². The lowest BCUT2D eigenvalue weighted by molar-refractivity contribution is 0.581. The Morgan fingerprint density at radius 3 is 2.15 bits per heavy atom. The molecule has 0 aliphatic rings. The van der Waals surface area contributed by atoms with Crippen molar-refractivity contribution in [1.82, 2.24) is 0 Å².